The summed E-state index contributed by atoms with van der Waals surface area (Å²) >= 11 is 0. The molecule has 0 aliphatic heterocycles. The third-order valence-electron chi connectivity index (χ3n) is 0.378. The van der Waals surface area contributed by atoms with Crippen LogP contribution < -0.4 is 5.30 Å². The van der Waals surface area contributed by atoms with Crippen molar-refractivity contribution in [2.75, 3.05) is 0 Å². The van der Waals surface area contributed by atoms with Crippen LogP contribution in [0.1, 0.15) is 6.92 Å². The number of nitrogens with one attached hydrogen (secondary N) is 1. The molecule has 0 fully saturated rings. The van der Waals surface area contributed by atoms with Crippen molar-refractivity contribution in [2.24, 2.45) is 0 Å². The molecule has 0 aliphatic carbocycles. The molecule has 6 heteroatoms. The Kier molecular flexibility index (Phi) is 6.60. The van der Waals surface area contributed by atoms with Gasteiger partial charge in [0.2, 0.25) is 13.5 Å². The van der Waals surface area contributed by atoms with Crippen molar-refractivity contribution >= 4 is 13.5 Å². The molecule has 3 nitrogen and oxygen atoms in total. The minimum Gasteiger partial charge on any atom is -0.300 e. The number of carbonyl (C=O) groups is 1. The van der Waals surface area contributed by atoms with Crippen LogP contribution in [-0.2, 0) is 9.36 Å². The summed E-state index contributed by atoms with van der Waals surface area (Å²) in [5.41, 5.74) is -0.799. The molecule has 8 heavy (non-hydrogen) atoms. The van der Waals surface area contributed by atoms with Crippen molar-refractivity contribution in [2.45, 2.75) is 6.92 Å². The molecule has 0 bridgehead atoms. The largest absolute Gasteiger partial charge is 0.300 e. The maximum atomic E-state index is 11.4. The van der Waals surface area contributed by atoms with E-state index in [1.807, 2.05) is 0 Å². The van der Waals surface area contributed by atoms with E-state index in [1.54, 1.807) is 0 Å². The molecule has 1 unspecified atom stereocenters. The van der Waals surface area contributed by atoms with Crippen LogP contribution in [0.2, 0.25) is 1.41 Å². The monoisotopic (exact) mass is 364 g/mol. The van der Waals surface area contributed by atoms with Gasteiger partial charge in [-0.15, -0.1) is 4.48 Å². The SMILES string of the molecule is [2H]N(F)[PH](=O)C(C)=O.[U]. The zero-order valence-electron chi connectivity index (χ0n) is 5.14. The number of hydrogen-bond acceptors (Lipinski definition) is 2. The molecule has 0 amide bonds. The van der Waals surface area contributed by atoms with Crippen molar-refractivity contribution in [3.63, 3.8) is 0 Å². The molecular weight excluding hydrogens is 358 g/mol. The van der Waals surface area contributed by atoms with Gasteiger partial charge in [-0.1, -0.05) is 5.30 Å². The first kappa shape index (κ1) is 8.84. The van der Waals surface area contributed by atoms with Gasteiger partial charge in [-0.3, -0.25) is 9.36 Å². The van der Waals surface area contributed by atoms with E-state index in [0.29, 0.717) is 0 Å². The van der Waals surface area contributed by atoms with Gasteiger partial charge in [0.05, 0.1) is 0 Å². The van der Waals surface area contributed by atoms with Crippen molar-refractivity contribution in [1.29, 1.82) is 0 Å². The van der Waals surface area contributed by atoms with Crippen LogP contribution in [0, 0.1) is 31.1 Å². The van der Waals surface area contributed by atoms with E-state index in [2.05, 4.69) is 0 Å². The maximum absolute atomic E-state index is 11.4. The molecule has 0 rings (SSSR count). The van der Waals surface area contributed by atoms with E-state index >= 15 is 0 Å². The summed E-state index contributed by atoms with van der Waals surface area (Å²) in [6.07, 6.45) is 0. The fourth-order valence-corrected chi connectivity index (χ4v) is 0.179. The molecule has 0 aromatic heterocycles. The van der Waals surface area contributed by atoms with Gasteiger partial charge in [0, 0.05) is 38.0 Å². The molecular formula is C2H5FNO2PU. The summed E-state index contributed by atoms with van der Waals surface area (Å²) < 4.78 is 27.4. The number of rotatable bonds is 2. The Labute approximate surface area is 72.0 Å². The van der Waals surface area contributed by atoms with E-state index in [1.165, 1.54) is 0 Å². The molecule has 1 N–H and O–H groups in total. The predicted molar refractivity (Wildman–Crippen MR) is 23.9 cm³/mol. The van der Waals surface area contributed by atoms with Gasteiger partial charge in [0.15, 0.2) is 1.41 Å². The summed E-state index contributed by atoms with van der Waals surface area (Å²) in [4.78, 5) is 9.92. The molecule has 0 spiro atoms. The average molecular weight is 364 g/mol. The van der Waals surface area contributed by atoms with Gasteiger partial charge in [0.1, 0.15) is 0 Å². The van der Waals surface area contributed by atoms with Crippen LogP contribution in [-0.4, -0.2) is 5.52 Å². The van der Waals surface area contributed by atoms with Gasteiger partial charge in [-0.2, -0.15) is 0 Å². The molecule has 0 aromatic rings. The summed E-state index contributed by atoms with van der Waals surface area (Å²) in [5.74, 6) is 0. The molecule has 46 valence electrons. The Bertz CT molecular complexity index is 132. The fraction of sp³-hybridized carbons (Fsp3) is 0.500. The Morgan fingerprint density at radius 1 is 2.00 bits per heavy atom. The van der Waals surface area contributed by atoms with E-state index in [-0.39, 0.29) is 31.1 Å². The van der Waals surface area contributed by atoms with Crippen LogP contribution >= 0.6 is 7.95 Å². The molecule has 0 radical (unpaired) electrons. The van der Waals surface area contributed by atoms with Gasteiger partial charge in [-0.05, 0) is 0 Å². The van der Waals surface area contributed by atoms with E-state index in [9.17, 15) is 13.8 Å². The summed E-state index contributed by atoms with van der Waals surface area (Å²) in [5, 5.41) is -0.812. The summed E-state index contributed by atoms with van der Waals surface area (Å²) in [6, 6.07) is 0. The number of hydrogen-bond donors (Lipinski definition) is 1. The molecule has 1 atom stereocenters. The molecule has 0 aliphatic rings. The minimum absolute atomic E-state index is 0. The first-order valence-electron chi connectivity index (χ1n) is 2.00. The van der Waals surface area contributed by atoms with Crippen LogP contribution in [0.3, 0.4) is 0 Å². The fourth-order valence-electron chi connectivity index (χ4n) is 0.0595. The molecule has 0 saturated carbocycles. The number of carbonyl (C=O) groups excluding carboxylic acids is 1. The van der Waals surface area contributed by atoms with Crippen LogP contribution in [0.15, 0.2) is 0 Å². The quantitative estimate of drug-likeness (QED) is 0.573. The van der Waals surface area contributed by atoms with Gasteiger partial charge >= 0.3 is 0 Å². The second-order valence-electron chi connectivity index (χ2n) is 0.946. The molecule has 0 heterocycles. The minimum atomic E-state index is -3.08. The van der Waals surface area contributed by atoms with Gasteiger partial charge in [-0.25, -0.2) is 0 Å². The first-order chi connectivity index (χ1) is 3.55. The molecule has 0 saturated heterocycles. The van der Waals surface area contributed by atoms with Crippen LogP contribution in [0.4, 0.5) is 4.48 Å². The Morgan fingerprint density at radius 2 is 2.38 bits per heavy atom. The van der Waals surface area contributed by atoms with E-state index in [0.717, 1.165) is 6.92 Å². The van der Waals surface area contributed by atoms with Crippen molar-refractivity contribution in [1.82, 2.24) is 5.30 Å². The van der Waals surface area contributed by atoms with Crippen molar-refractivity contribution in [3.8, 4) is 0 Å². The normalized spacial score (nSPS) is 14.1. The smallest absolute Gasteiger partial charge is 0.225 e. The van der Waals surface area contributed by atoms with E-state index in [4.69, 9.17) is 1.41 Å². The third-order valence-corrected chi connectivity index (χ3v) is 1.13. The molecule has 0 aromatic carbocycles. The van der Waals surface area contributed by atoms with Gasteiger partial charge < -0.3 is 0 Å². The second-order valence-corrected chi connectivity index (χ2v) is 2.43. The zero-order valence-corrected chi connectivity index (χ0v) is 9.31. The first-order valence-corrected chi connectivity index (χ1v) is 2.91. The standard InChI is InChI=1S/C2H5FNO2P.U/c1-2(5)7(6)4-3;/h7H,1H3,(H,4,6);/i/hD. The van der Waals surface area contributed by atoms with Crippen molar-refractivity contribution in [3.05, 3.63) is 0 Å². The van der Waals surface area contributed by atoms with Crippen LogP contribution in [0.5, 0.6) is 0 Å². The van der Waals surface area contributed by atoms with Gasteiger partial charge in [0.25, 0.3) is 0 Å². The number of halogens is 1. The summed E-state index contributed by atoms with van der Waals surface area (Å²) in [6.45, 7) is 0.975. The summed E-state index contributed by atoms with van der Waals surface area (Å²) in [7, 11) is -3.08. The Balaban J connectivity index is 0. The van der Waals surface area contributed by atoms with Crippen molar-refractivity contribution < 1.29 is 46.4 Å². The zero-order chi connectivity index (χ0) is 6.73. The third kappa shape index (κ3) is 4.99. The maximum Gasteiger partial charge on any atom is 0.225 e. The van der Waals surface area contributed by atoms with E-state index < -0.39 is 18.8 Å². The predicted octanol–water partition coefficient (Wildman–Crippen LogP) is 0.482. The topological polar surface area (TPSA) is 46.2 Å². The van der Waals surface area contributed by atoms with Crippen LogP contribution in [0.25, 0.3) is 0 Å². The average Bonchev–Trinajstić information content (AvgIpc) is 1.64. The Hall–Kier alpha value is 0.842. The second kappa shape index (κ2) is 5.97. The Morgan fingerprint density at radius 3 is 2.38 bits per heavy atom.